The lowest BCUT2D eigenvalue weighted by atomic mass is 10.1. The number of rotatable bonds is 5. The summed E-state index contributed by atoms with van der Waals surface area (Å²) in [4.78, 5) is 14.9. The van der Waals surface area contributed by atoms with Crippen LogP contribution in [0.15, 0.2) is 36.8 Å². The van der Waals surface area contributed by atoms with Gasteiger partial charge in [0.05, 0.1) is 19.0 Å². The van der Waals surface area contributed by atoms with Gasteiger partial charge in [-0.25, -0.2) is 15.0 Å². The van der Waals surface area contributed by atoms with Gasteiger partial charge >= 0.3 is 0 Å². The maximum atomic E-state index is 10.6. The molecule has 1 unspecified atom stereocenters. The first kappa shape index (κ1) is 20.9. The second kappa shape index (κ2) is 8.43. The summed E-state index contributed by atoms with van der Waals surface area (Å²) < 4.78 is 5.14. The third kappa shape index (κ3) is 4.88. The largest absolute Gasteiger partial charge is 0.507 e. The van der Waals surface area contributed by atoms with E-state index in [0.717, 1.165) is 25.1 Å². The summed E-state index contributed by atoms with van der Waals surface area (Å²) in [7, 11) is 1.55. The molecule has 1 saturated heterocycles. The van der Waals surface area contributed by atoms with Gasteiger partial charge in [0, 0.05) is 41.9 Å². The van der Waals surface area contributed by atoms with Crippen molar-refractivity contribution < 1.29 is 9.84 Å². The van der Waals surface area contributed by atoms with E-state index >= 15 is 0 Å². The van der Waals surface area contributed by atoms with E-state index in [9.17, 15) is 5.11 Å². The van der Waals surface area contributed by atoms with E-state index < -0.39 is 0 Å². The van der Waals surface area contributed by atoms with Gasteiger partial charge in [-0.15, -0.1) is 10.2 Å². The molecule has 0 radical (unpaired) electrons. The first-order valence-electron chi connectivity index (χ1n) is 10.2. The van der Waals surface area contributed by atoms with Crippen molar-refractivity contribution in [2.75, 3.05) is 25.1 Å². The normalized spacial score (nSPS) is 16.5. The molecule has 2 N–H and O–H groups in total. The van der Waals surface area contributed by atoms with Crippen molar-refractivity contribution in [2.24, 2.45) is 0 Å². The zero-order valence-electron chi connectivity index (χ0n) is 18.2. The van der Waals surface area contributed by atoms with Crippen LogP contribution in [0.1, 0.15) is 27.2 Å². The van der Waals surface area contributed by atoms with Gasteiger partial charge in [0.2, 0.25) is 11.8 Å². The third-order valence-corrected chi connectivity index (χ3v) is 5.08. The molecular weight excluding hydrogens is 394 g/mol. The van der Waals surface area contributed by atoms with Crippen LogP contribution in [0.2, 0.25) is 0 Å². The molecule has 31 heavy (non-hydrogen) atoms. The van der Waals surface area contributed by atoms with Gasteiger partial charge < -0.3 is 20.1 Å². The van der Waals surface area contributed by atoms with Gasteiger partial charge in [-0.2, -0.15) is 0 Å². The van der Waals surface area contributed by atoms with Crippen LogP contribution < -0.4 is 15.0 Å². The molecule has 9 heteroatoms. The number of nitrogens with one attached hydrogen (secondary N) is 1. The van der Waals surface area contributed by atoms with Gasteiger partial charge in [0.15, 0.2) is 0 Å². The van der Waals surface area contributed by atoms with Gasteiger partial charge in [0.1, 0.15) is 17.8 Å². The molecule has 1 atom stereocenters. The highest BCUT2D eigenvalue weighted by atomic mass is 16.5. The maximum Gasteiger partial charge on any atom is 0.245 e. The van der Waals surface area contributed by atoms with Crippen molar-refractivity contribution in [1.29, 1.82) is 0 Å². The summed E-state index contributed by atoms with van der Waals surface area (Å²) in [6.45, 7) is 8.24. The molecule has 1 aliphatic rings. The van der Waals surface area contributed by atoms with Gasteiger partial charge in [-0.3, -0.25) is 0 Å². The Morgan fingerprint density at radius 3 is 2.61 bits per heavy atom. The van der Waals surface area contributed by atoms with Gasteiger partial charge in [-0.1, -0.05) is 6.07 Å². The molecule has 1 fully saturated rings. The minimum absolute atomic E-state index is 0.0737. The van der Waals surface area contributed by atoms with E-state index in [4.69, 9.17) is 4.74 Å². The summed E-state index contributed by atoms with van der Waals surface area (Å²) in [6.07, 6.45) is 4.11. The topological polar surface area (TPSA) is 109 Å². The van der Waals surface area contributed by atoms with E-state index in [1.807, 2.05) is 6.07 Å². The van der Waals surface area contributed by atoms with E-state index in [0.29, 0.717) is 34.8 Å². The van der Waals surface area contributed by atoms with Crippen molar-refractivity contribution in [3.63, 3.8) is 0 Å². The molecule has 1 aromatic carbocycles. The number of aromatic nitrogens is 5. The monoisotopic (exact) mass is 421 g/mol. The lowest BCUT2D eigenvalue weighted by molar-refractivity contribution is 0.373. The molecule has 3 aromatic rings. The number of methoxy groups -OCH3 is 1. The zero-order valence-corrected chi connectivity index (χ0v) is 18.2. The fourth-order valence-electron chi connectivity index (χ4n) is 3.73. The average Bonchev–Trinajstić information content (AvgIpc) is 3.20. The summed E-state index contributed by atoms with van der Waals surface area (Å²) >= 11 is 0. The van der Waals surface area contributed by atoms with Crippen LogP contribution in [-0.4, -0.2) is 62.0 Å². The zero-order chi connectivity index (χ0) is 22.0. The summed E-state index contributed by atoms with van der Waals surface area (Å²) in [5.41, 5.74) is 2.54. The lowest BCUT2D eigenvalue weighted by Crippen LogP contribution is -2.45. The van der Waals surface area contributed by atoms with Crippen LogP contribution in [0.25, 0.3) is 22.5 Å². The van der Waals surface area contributed by atoms with Crippen LogP contribution in [0.4, 0.5) is 5.95 Å². The van der Waals surface area contributed by atoms with E-state index in [1.165, 1.54) is 6.33 Å². The molecule has 0 bridgehead atoms. The number of hydrogen-bond acceptors (Lipinski definition) is 9. The van der Waals surface area contributed by atoms with Crippen LogP contribution in [0, 0.1) is 0 Å². The first-order valence-corrected chi connectivity index (χ1v) is 10.2. The van der Waals surface area contributed by atoms with Crippen molar-refractivity contribution in [3.8, 4) is 34.1 Å². The molecule has 162 valence electrons. The Kier molecular flexibility index (Phi) is 5.69. The molecule has 1 aliphatic heterocycles. The smallest absolute Gasteiger partial charge is 0.245 e. The fraction of sp³-hybridized carbons (Fsp3) is 0.409. The molecule has 9 nitrogen and oxygen atoms in total. The lowest BCUT2D eigenvalue weighted by Gasteiger charge is -2.25. The number of hydrogen-bond donors (Lipinski definition) is 2. The quantitative estimate of drug-likeness (QED) is 0.642. The Morgan fingerprint density at radius 2 is 1.94 bits per heavy atom. The third-order valence-electron chi connectivity index (χ3n) is 5.08. The maximum absolute atomic E-state index is 10.6. The van der Waals surface area contributed by atoms with E-state index in [1.54, 1.807) is 31.5 Å². The second-order valence-electron chi connectivity index (χ2n) is 8.65. The van der Waals surface area contributed by atoms with Crippen LogP contribution >= 0.6 is 0 Å². The Morgan fingerprint density at radius 1 is 1.10 bits per heavy atom. The number of aromatic hydroxyl groups is 1. The van der Waals surface area contributed by atoms with E-state index in [-0.39, 0.29) is 11.3 Å². The molecule has 0 amide bonds. The number of phenols is 1. The summed E-state index contributed by atoms with van der Waals surface area (Å²) in [5.74, 6) is 1.14. The van der Waals surface area contributed by atoms with Crippen molar-refractivity contribution in [1.82, 2.24) is 30.5 Å². The predicted octanol–water partition coefficient (Wildman–Crippen LogP) is 2.68. The van der Waals surface area contributed by atoms with Crippen molar-refractivity contribution in [3.05, 3.63) is 36.8 Å². The number of nitrogens with zero attached hydrogens (tertiary/aromatic N) is 6. The summed E-state index contributed by atoms with van der Waals surface area (Å²) in [5, 5.41) is 22.8. The Hall–Kier alpha value is -3.33. The number of anilines is 1. The molecule has 2 aromatic heterocycles. The fourth-order valence-corrected chi connectivity index (χ4v) is 3.73. The highest BCUT2D eigenvalue weighted by Crippen LogP contribution is 2.32. The number of benzene rings is 1. The van der Waals surface area contributed by atoms with Crippen LogP contribution in [0.5, 0.6) is 11.6 Å². The highest BCUT2D eigenvalue weighted by Gasteiger charge is 2.27. The molecular formula is C22H27N7O2. The van der Waals surface area contributed by atoms with Crippen LogP contribution in [-0.2, 0) is 0 Å². The highest BCUT2D eigenvalue weighted by molar-refractivity contribution is 5.72. The molecule has 0 spiro atoms. The number of phenolic OH excluding ortho intramolecular Hbond substituents is 1. The Balaban J connectivity index is 1.49. The van der Waals surface area contributed by atoms with E-state index in [2.05, 4.69) is 56.1 Å². The minimum Gasteiger partial charge on any atom is -0.507 e. The van der Waals surface area contributed by atoms with Crippen molar-refractivity contribution >= 4 is 5.95 Å². The molecule has 4 rings (SSSR count). The summed E-state index contributed by atoms with van der Waals surface area (Å²) in [6, 6.07) is 7.39. The molecule has 0 aliphatic carbocycles. The first-order chi connectivity index (χ1) is 14.8. The number of ether oxygens (including phenoxy) is 1. The SMILES string of the molecule is COc1cc(-c2ccc(-c3cnc(N4CCC(NC(C)(C)C)C4)nn3)c(O)c2)ncn1. The Bertz CT molecular complexity index is 1050. The minimum atomic E-state index is 0.0737. The standard InChI is InChI=1S/C22H27N7O2/c1-22(2,3)26-15-7-8-29(12-15)21-23-11-18(27-28-21)16-6-5-14(9-19(16)30)17-10-20(31-4)25-13-24-17/h5-6,9-11,13,15,26,30H,7-8,12H2,1-4H3. The Labute approximate surface area is 181 Å². The van der Waals surface area contributed by atoms with Crippen molar-refractivity contribution in [2.45, 2.75) is 38.8 Å². The molecule has 0 saturated carbocycles. The average molecular weight is 422 g/mol. The predicted molar refractivity (Wildman–Crippen MR) is 118 cm³/mol. The second-order valence-corrected chi connectivity index (χ2v) is 8.65. The molecule has 3 heterocycles. The van der Waals surface area contributed by atoms with Gasteiger partial charge in [-0.05, 0) is 39.3 Å². The van der Waals surface area contributed by atoms with Gasteiger partial charge in [0.25, 0.3) is 0 Å². The van der Waals surface area contributed by atoms with Crippen LogP contribution in [0.3, 0.4) is 0 Å².